The van der Waals surface area contributed by atoms with Crippen LogP contribution in [0, 0.1) is 0 Å². The van der Waals surface area contributed by atoms with Crippen molar-refractivity contribution in [2.75, 3.05) is 37.7 Å². The van der Waals surface area contributed by atoms with Gasteiger partial charge in [0, 0.05) is 31.9 Å². The summed E-state index contributed by atoms with van der Waals surface area (Å²) in [5.74, 6) is -1.02. The zero-order chi connectivity index (χ0) is 19.9. The highest BCUT2D eigenvalue weighted by atomic mass is 19.3. The number of nitrogens with zero attached hydrogens (tertiary/aromatic N) is 2. The van der Waals surface area contributed by atoms with E-state index in [-0.39, 0.29) is 23.8 Å². The lowest BCUT2D eigenvalue weighted by molar-refractivity contribution is -0.134. The Morgan fingerprint density at radius 1 is 0.929 bits per heavy atom. The smallest absolute Gasteiger partial charge is 0.387 e. The molecule has 0 aromatic heterocycles. The zero-order valence-electron chi connectivity index (χ0n) is 15.1. The first kappa shape index (κ1) is 19.6. The second-order valence-electron chi connectivity index (χ2n) is 6.18. The predicted molar refractivity (Wildman–Crippen MR) is 98.6 cm³/mol. The molecule has 6 nitrogen and oxygen atoms in total. The average Bonchev–Trinajstić information content (AvgIpc) is 2.72. The summed E-state index contributed by atoms with van der Waals surface area (Å²) in [5.41, 5.74) is 1.27. The number of halogens is 2. The predicted octanol–water partition coefficient (Wildman–Crippen LogP) is 2.79. The number of amides is 1. The maximum absolute atomic E-state index is 12.3. The SMILES string of the molecule is O=C(OCC(=O)N1CCN(c2ccccc2)CC1)c1ccc(OC(F)F)cc1. The average molecular weight is 390 g/mol. The standard InChI is InChI=1S/C20H20F2N2O4/c21-20(22)28-17-8-6-15(7-9-17)19(26)27-14-18(25)24-12-10-23(11-13-24)16-4-2-1-3-5-16/h1-9,20H,10-14H2. The lowest BCUT2D eigenvalue weighted by atomic mass is 10.2. The van der Waals surface area contributed by atoms with Crippen LogP contribution in [-0.2, 0) is 9.53 Å². The summed E-state index contributed by atoms with van der Waals surface area (Å²) in [7, 11) is 0. The van der Waals surface area contributed by atoms with Crippen LogP contribution in [0.3, 0.4) is 0 Å². The Morgan fingerprint density at radius 3 is 2.18 bits per heavy atom. The number of hydrogen-bond donors (Lipinski definition) is 0. The van der Waals surface area contributed by atoms with Gasteiger partial charge in [-0.2, -0.15) is 8.78 Å². The Balaban J connectivity index is 1.44. The molecule has 0 bridgehead atoms. The van der Waals surface area contributed by atoms with Crippen molar-refractivity contribution >= 4 is 17.6 Å². The first-order chi connectivity index (χ1) is 13.5. The number of alkyl halides is 2. The number of ether oxygens (including phenoxy) is 2. The Morgan fingerprint density at radius 2 is 1.57 bits per heavy atom. The van der Waals surface area contributed by atoms with E-state index >= 15 is 0 Å². The third-order valence-electron chi connectivity index (χ3n) is 4.40. The highest BCUT2D eigenvalue weighted by Crippen LogP contribution is 2.17. The van der Waals surface area contributed by atoms with Gasteiger partial charge < -0.3 is 19.3 Å². The molecule has 1 aliphatic rings. The van der Waals surface area contributed by atoms with E-state index in [1.807, 2.05) is 30.3 Å². The zero-order valence-corrected chi connectivity index (χ0v) is 15.1. The lowest BCUT2D eigenvalue weighted by Gasteiger charge is -2.36. The summed E-state index contributed by atoms with van der Waals surface area (Å²) < 4.78 is 33.5. The molecule has 3 rings (SSSR count). The largest absolute Gasteiger partial charge is 0.452 e. The van der Waals surface area contributed by atoms with E-state index in [4.69, 9.17) is 4.74 Å². The summed E-state index contributed by atoms with van der Waals surface area (Å²) >= 11 is 0. The molecule has 2 aromatic carbocycles. The van der Waals surface area contributed by atoms with Gasteiger partial charge in [0.25, 0.3) is 5.91 Å². The molecule has 0 unspecified atom stereocenters. The van der Waals surface area contributed by atoms with Gasteiger partial charge in [0.2, 0.25) is 0 Å². The molecule has 1 heterocycles. The van der Waals surface area contributed by atoms with Gasteiger partial charge >= 0.3 is 12.6 Å². The first-order valence-corrected chi connectivity index (χ1v) is 8.83. The molecule has 0 saturated carbocycles. The minimum atomic E-state index is -2.93. The summed E-state index contributed by atoms with van der Waals surface area (Å²) in [6, 6.07) is 15.1. The van der Waals surface area contributed by atoms with E-state index in [1.54, 1.807) is 4.90 Å². The number of hydrogen-bond acceptors (Lipinski definition) is 5. The Bertz CT molecular complexity index is 792. The van der Waals surface area contributed by atoms with E-state index in [0.29, 0.717) is 26.2 Å². The lowest BCUT2D eigenvalue weighted by Crippen LogP contribution is -2.49. The summed E-state index contributed by atoms with van der Waals surface area (Å²) in [5, 5.41) is 0. The molecule has 0 spiro atoms. The second kappa shape index (κ2) is 9.16. The van der Waals surface area contributed by atoms with Crippen LogP contribution >= 0.6 is 0 Å². The monoisotopic (exact) mass is 390 g/mol. The maximum Gasteiger partial charge on any atom is 0.387 e. The number of esters is 1. The molecule has 28 heavy (non-hydrogen) atoms. The molecular formula is C20H20F2N2O4. The van der Waals surface area contributed by atoms with E-state index < -0.39 is 12.6 Å². The minimum Gasteiger partial charge on any atom is -0.452 e. The topological polar surface area (TPSA) is 59.1 Å². The molecular weight excluding hydrogens is 370 g/mol. The third-order valence-corrected chi connectivity index (χ3v) is 4.40. The summed E-state index contributed by atoms with van der Waals surface area (Å²) in [6.45, 7) is -0.794. The fourth-order valence-corrected chi connectivity index (χ4v) is 2.93. The quantitative estimate of drug-likeness (QED) is 0.710. The van der Waals surface area contributed by atoms with Crippen molar-refractivity contribution in [1.82, 2.24) is 4.90 Å². The number of anilines is 1. The van der Waals surface area contributed by atoms with E-state index in [0.717, 1.165) is 5.69 Å². The van der Waals surface area contributed by atoms with Crippen molar-refractivity contribution in [3.05, 3.63) is 60.2 Å². The van der Waals surface area contributed by atoms with Crippen LogP contribution in [0.1, 0.15) is 10.4 Å². The van der Waals surface area contributed by atoms with Crippen LogP contribution in [0.5, 0.6) is 5.75 Å². The number of piperazine rings is 1. The summed E-state index contributed by atoms with van der Waals surface area (Å²) in [6.07, 6.45) is 0. The van der Waals surface area contributed by atoms with Crippen molar-refractivity contribution in [1.29, 1.82) is 0 Å². The van der Waals surface area contributed by atoms with Crippen LogP contribution in [0.25, 0.3) is 0 Å². The molecule has 1 amide bonds. The molecule has 2 aromatic rings. The van der Waals surface area contributed by atoms with Gasteiger partial charge in [-0.25, -0.2) is 4.79 Å². The fraction of sp³-hybridized carbons (Fsp3) is 0.300. The van der Waals surface area contributed by atoms with Gasteiger partial charge in [0.15, 0.2) is 6.61 Å². The van der Waals surface area contributed by atoms with Crippen LogP contribution in [-0.4, -0.2) is 56.2 Å². The number of benzene rings is 2. The Labute approximate surface area is 161 Å². The molecule has 0 atom stereocenters. The van der Waals surface area contributed by atoms with Gasteiger partial charge in [-0.3, -0.25) is 4.79 Å². The van der Waals surface area contributed by atoms with Gasteiger partial charge in [-0.15, -0.1) is 0 Å². The molecule has 1 fully saturated rings. The first-order valence-electron chi connectivity index (χ1n) is 8.83. The second-order valence-corrected chi connectivity index (χ2v) is 6.18. The fourth-order valence-electron chi connectivity index (χ4n) is 2.93. The molecule has 1 aliphatic heterocycles. The molecule has 0 radical (unpaired) electrons. The van der Waals surface area contributed by atoms with Crippen molar-refractivity contribution in [2.45, 2.75) is 6.61 Å². The molecule has 8 heteroatoms. The minimum absolute atomic E-state index is 0.0566. The van der Waals surface area contributed by atoms with E-state index in [1.165, 1.54) is 24.3 Å². The molecule has 1 saturated heterocycles. The highest BCUT2D eigenvalue weighted by Gasteiger charge is 2.22. The van der Waals surface area contributed by atoms with E-state index in [2.05, 4.69) is 9.64 Å². The number of rotatable bonds is 6. The van der Waals surface area contributed by atoms with Crippen molar-refractivity contribution < 1.29 is 27.8 Å². The van der Waals surface area contributed by atoms with Crippen molar-refractivity contribution in [3.8, 4) is 5.75 Å². The molecule has 0 N–H and O–H groups in total. The van der Waals surface area contributed by atoms with Crippen LogP contribution in [0.2, 0.25) is 0 Å². The number of carbonyl (C=O) groups is 2. The maximum atomic E-state index is 12.3. The van der Waals surface area contributed by atoms with Gasteiger partial charge in [0.1, 0.15) is 5.75 Å². The van der Waals surface area contributed by atoms with Crippen molar-refractivity contribution in [3.63, 3.8) is 0 Å². The van der Waals surface area contributed by atoms with Gasteiger partial charge in [-0.05, 0) is 36.4 Å². The summed E-state index contributed by atoms with van der Waals surface area (Å²) in [4.78, 5) is 28.1. The van der Waals surface area contributed by atoms with Gasteiger partial charge in [-0.1, -0.05) is 18.2 Å². The van der Waals surface area contributed by atoms with Crippen LogP contribution in [0.15, 0.2) is 54.6 Å². The molecule has 0 aliphatic carbocycles. The Kier molecular flexibility index (Phi) is 6.41. The van der Waals surface area contributed by atoms with Crippen LogP contribution < -0.4 is 9.64 Å². The normalized spacial score (nSPS) is 14.1. The number of para-hydroxylation sites is 1. The van der Waals surface area contributed by atoms with Gasteiger partial charge in [0.05, 0.1) is 5.56 Å². The Hall–Kier alpha value is -3.16. The third kappa shape index (κ3) is 5.18. The number of carbonyl (C=O) groups excluding carboxylic acids is 2. The van der Waals surface area contributed by atoms with E-state index in [9.17, 15) is 18.4 Å². The molecule has 148 valence electrons. The highest BCUT2D eigenvalue weighted by molar-refractivity contribution is 5.91. The van der Waals surface area contributed by atoms with Crippen LogP contribution in [0.4, 0.5) is 14.5 Å². The van der Waals surface area contributed by atoms with Crippen molar-refractivity contribution in [2.24, 2.45) is 0 Å².